The number of likely N-dealkylation sites (tertiary alicyclic amines) is 1. The molecule has 5 heteroatoms. The monoisotopic (exact) mass is 252 g/mol. The van der Waals surface area contributed by atoms with Crippen molar-refractivity contribution in [1.29, 1.82) is 0 Å². The van der Waals surface area contributed by atoms with Crippen LogP contribution in [0.25, 0.3) is 0 Å². The van der Waals surface area contributed by atoms with Crippen molar-refractivity contribution in [2.75, 3.05) is 13.1 Å². The molecule has 0 aromatic carbocycles. The largest absolute Gasteiger partial charge is 0.459 e. The number of amides is 1. The molecule has 0 unspecified atom stereocenters. The molecule has 0 spiro atoms. The Morgan fingerprint density at radius 1 is 1.53 bits per heavy atom. The first-order chi connectivity index (χ1) is 8.09. The highest BCUT2D eigenvalue weighted by atomic mass is 32.1. The van der Waals surface area contributed by atoms with E-state index in [-0.39, 0.29) is 11.8 Å². The Morgan fingerprint density at radius 2 is 2.18 bits per heavy atom. The minimum absolute atomic E-state index is 0.0334. The molecule has 1 saturated heterocycles. The minimum atomic E-state index is -0.0334. The van der Waals surface area contributed by atoms with Gasteiger partial charge < -0.3 is 15.1 Å². The highest BCUT2D eigenvalue weighted by Crippen LogP contribution is 2.20. The number of rotatable bonds is 2. The van der Waals surface area contributed by atoms with Crippen LogP contribution in [-0.4, -0.2) is 28.9 Å². The second kappa shape index (κ2) is 4.87. The van der Waals surface area contributed by atoms with Crippen LogP contribution in [0.3, 0.4) is 0 Å². The van der Waals surface area contributed by atoms with Crippen molar-refractivity contribution >= 4 is 23.1 Å². The van der Waals surface area contributed by atoms with E-state index in [0.29, 0.717) is 23.8 Å². The molecule has 1 amide bonds. The molecule has 2 heterocycles. The summed E-state index contributed by atoms with van der Waals surface area (Å²) in [5.74, 6) is 0.680. The summed E-state index contributed by atoms with van der Waals surface area (Å²) in [6.07, 6.45) is 3.24. The quantitative estimate of drug-likeness (QED) is 0.814. The summed E-state index contributed by atoms with van der Waals surface area (Å²) in [5, 5.41) is 0. The van der Waals surface area contributed by atoms with Gasteiger partial charge >= 0.3 is 0 Å². The predicted octanol–water partition coefficient (Wildman–Crippen LogP) is 1.73. The number of carbonyl (C=O) groups is 1. The lowest BCUT2D eigenvalue weighted by atomic mass is 9.97. The molecule has 1 aromatic heterocycles. The number of aryl methyl sites for hydroxylation is 1. The molecule has 0 atom stereocenters. The normalized spacial score (nSPS) is 17.1. The Bertz CT molecular complexity index is 433. The maximum Gasteiger partial charge on any atom is 0.289 e. The number of carbonyl (C=O) groups excluding carboxylic acids is 1. The molecule has 2 N–H and O–H groups in total. The van der Waals surface area contributed by atoms with Crippen LogP contribution in [0, 0.1) is 12.8 Å². The lowest BCUT2D eigenvalue weighted by Gasteiger charge is -2.31. The second-order valence-electron chi connectivity index (χ2n) is 4.40. The van der Waals surface area contributed by atoms with Crippen molar-refractivity contribution in [1.82, 2.24) is 4.90 Å². The van der Waals surface area contributed by atoms with Gasteiger partial charge in [-0.05, 0) is 25.8 Å². The summed E-state index contributed by atoms with van der Waals surface area (Å²) < 4.78 is 5.21. The van der Waals surface area contributed by atoms with E-state index in [1.807, 2.05) is 6.92 Å². The van der Waals surface area contributed by atoms with Gasteiger partial charge in [0, 0.05) is 24.6 Å². The van der Waals surface area contributed by atoms with E-state index < -0.39 is 0 Å². The average Bonchev–Trinajstić information content (AvgIpc) is 2.74. The molecule has 0 radical (unpaired) electrons. The van der Waals surface area contributed by atoms with Gasteiger partial charge in [-0.1, -0.05) is 12.2 Å². The molecule has 0 bridgehead atoms. The van der Waals surface area contributed by atoms with E-state index in [0.717, 1.165) is 18.4 Å². The Morgan fingerprint density at radius 3 is 2.65 bits per heavy atom. The zero-order valence-electron chi connectivity index (χ0n) is 9.81. The van der Waals surface area contributed by atoms with Gasteiger partial charge in [0.25, 0.3) is 5.91 Å². The Hall–Kier alpha value is -1.36. The first-order valence-electron chi connectivity index (χ1n) is 5.72. The van der Waals surface area contributed by atoms with Crippen molar-refractivity contribution in [3.05, 3.63) is 23.7 Å². The van der Waals surface area contributed by atoms with Crippen molar-refractivity contribution < 1.29 is 9.21 Å². The van der Waals surface area contributed by atoms with Crippen molar-refractivity contribution in [3.63, 3.8) is 0 Å². The van der Waals surface area contributed by atoms with Gasteiger partial charge in [0.05, 0.1) is 11.3 Å². The zero-order chi connectivity index (χ0) is 12.4. The number of furan rings is 1. The van der Waals surface area contributed by atoms with Gasteiger partial charge in [0.1, 0.15) is 0 Å². The van der Waals surface area contributed by atoms with Gasteiger partial charge in [-0.25, -0.2) is 0 Å². The maximum atomic E-state index is 12.1. The van der Waals surface area contributed by atoms with Crippen LogP contribution in [-0.2, 0) is 0 Å². The summed E-state index contributed by atoms with van der Waals surface area (Å²) in [6.45, 7) is 3.26. The van der Waals surface area contributed by atoms with Crippen LogP contribution in [0.5, 0.6) is 0 Å². The molecule has 1 aromatic rings. The standard InChI is InChI=1S/C12H16N2O2S/c1-8-4-7-16-10(8)12(15)14-5-2-9(3-6-14)11(13)17/h4,7,9H,2-3,5-6H2,1H3,(H2,13,17). The van der Waals surface area contributed by atoms with E-state index in [2.05, 4.69) is 0 Å². The number of piperidine rings is 1. The SMILES string of the molecule is Cc1ccoc1C(=O)N1CCC(C(N)=S)CC1. The molecule has 92 valence electrons. The van der Waals surface area contributed by atoms with Crippen LogP contribution < -0.4 is 5.73 Å². The zero-order valence-corrected chi connectivity index (χ0v) is 10.6. The van der Waals surface area contributed by atoms with E-state index in [9.17, 15) is 4.79 Å². The molecule has 0 aliphatic carbocycles. The third-order valence-electron chi connectivity index (χ3n) is 3.24. The van der Waals surface area contributed by atoms with E-state index >= 15 is 0 Å². The second-order valence-corrected chi connectivity index (χ2v) is 4.87. The third-order valence-corrected chi connectivity index (χ3v) is 3.57. The lowest BCUT2D eigenvalue weighted by molar-refractivity contribution is 0.0677. The van der Waals surface area contributed by atoms with Crippen LogP contribution in [0.15, 0.2) is 16.7 Å². The first-order valence-corrected chi connectivity index (χ1v) is 6.13. The Balaban J connectivity index is 2.00. The average molecular weight is 252 g/mol. The number of hydrogen-bond acceptors (Lipinski definition) is 3. The van der Waals surface area contributed by atoms with E-state index in [4.69, 9.17) is 22.4 Å². The predicted molar refractivity (Wildman–Crippen MR) is 68.9 cm³/mol. The fraction of sp³-hybridized carbons (Fsp3) is 0.500. The summed E-state index contributed by atoms with van der Waals surface area (Å²) in [6, 6.07) is 1.80. The summed E-state index contributed by atoms with van der Waals surface area (Å²) in [7, 11) is 0. The van der Waals surface area contributed by atoms with Crippen molar-refractivity contribution in [3.8, 4) is 0 Å². The van der Waals surface area contributed by atoms with Gasteiger partial charge in [-0.2, -0.15) is 0 Å². The van der Waals surface area contributed by atoms with Crippen molar-refractivity contribution in [2.24, 2.45) is 11.7 Å². The van der Waals surface area contributed by atoms with Crippen LogP contribution in [0.2, 0.25) is 0 Å². The number of nitrogens with zero attached hydrogens (tertiary/aromatic N) is 1. The molecule has 2 rings (SSSR count). The fourth-order valence-electron chi connectivity index (χ4n) is 2.10. The third kappa shape index (κ3) is 2.49. The maximum absolute atomic E-state index is 12.1. The minimum Gasteiger partial charge on any atom is -0.459 e. The number of hydrogen-bond donors (Lipinski definition) is 1. The number of thiocarbonyl (C=S) groups is 1. The van der Waals surface area contributed by atoms with E-state index in [1.165, 1.54) is 0 Å². The van der Waals surface area contributed by atoms with E-state index in [1.54, 1.807) is 17.2 Å². The van der Waals surface area contributed by atoms with Gasteiger partial charge in [-0.3, -0.25) is 4.79 Å². The molecular formula is C12H16N2O2S. The first kappa shape index (κ1) is 12.1. The van der Waals surface area contributed by atoms with Gasteiger partial charge in [0.15, 0.2) is 5.76 Å². The molecule has 17 heavy (non-hydrogen) atoms. The number of nitrogens with two attached hydrogens (primary N) is 1. The van der Waals surface area contributed by atoms with Crippen LogP contribution >= 0.6 is 12.2 Å². The molecule has 1 aliphatic rings. The van der Waals surface area contributed by atoms with Crippen LogP contribution in [0.4, 0.5) is 0 Å². The highest BCUT2D eigenvalue weighted by Gasteiger charge is 2.26. The lowest BCUT2D eigenvalue weighted by Crippen LogP contribution is -2.41. The van der Waals surface area contributed by atoms with Crippen LogP contribution in [0.1, 0.15) is 29.0 Å². The highest BCUT2D eigenvalue weighted by molar-refractivity contribution is 7.80. The fourth-order valence-corrected chi connectivity index (χ4v) is 2.34. The molecule has 1 fully saturated rings. The topological polar surface area (TPSA) is 59.5 Å². The van der Waals surface area contributed by atoms with Gasteiger partial charge in [0.2, 0.25) is 0 Å². The molecule has 0 saturated carbocycles. The molecular weight excluding hydrogens is 236 g/mol. The Kier molecular flexibility index (Phi) is 3.47. The van der Waals surface area contributed by atoms with Crippen molar-refractivity contribution in [2.45, 2.75) is 19.8 Å². The summed E-state index contributed by atoms with van der Waals surface area (Å²) in [4.78, 5) is 14.5. The van der Waals surface area contributed by atoms with Gasteiger partial charge in [-0.15, -0.1) is 0 Å². The smallest absolute Gasteiger partial charge is 0.289 e. The summed E-state index contributed by atoms with van der Waals surface area (Å²) in [5.41, 5.74) is 6.50. The Labute approximate surface area is 106 Å². The summed E-state index contributed by atoms with van der Waals surface area (Å²) >= 11 is 4.98. The molecule has 1 aliphatic heterocycles. The molecule has 4 nitrogen and oxygen atoms in total.